The van der Waals surface area contributed by atoms with Crippen LogP contribution < -0.4 is 10.1 Å². The van der Waals surface area contributed by atoms with Crippen LogP contribution in [0.1, 0.15) is 22.5 Å². The average molecular weight is 429 g/mol. The van der Waals surface area contributed by atoms with Crippen LogP contribution in [0, 0.1) is 5.41 Å². The van der Waals surface area contributed by atoms with E-state index in [9.17, 15) is 0 Å². The topological polar surface area (TPSA) is 70.9 Å². The minimum atomic E-state index is 0.210. The second-order valence-electron chi connectivity index (χ2n) is 6.96. The molecule has 0 saturated carbocycles. The molecule has 2 N–H and O–H groups in total. The number of pyridine rings is 2. The van der Waals surface area contributed by atoms with Crippen molar-refractivity contribution in [3.8, 4) is 5.75 Å². The van der Waals surface area contributed by atoms with Gasteiger partial charge in [0, 0.05) is 28.9 Å². The largest absolute Gasteiger partial charge is 0.489 e. The van der Waals surface area contributed by atoms with Crippen molar-refractivity contribution in [1.82, 2.24) is 9.97 Å². The van der Waals surface area contributed by atoms with Gasteiger partial charge in [0.25, 0.3) is 0 Å². The maximum Gasteiger partial charge on any atom is 0.148 e. The highest BCUT2D eigenvalue weighted by Crippen LogP contribution is 2.26. The van der Waals surface area contributed by atoms with Crippen molar-refractivity contribution in [2.24, 2.45) is 0 Å². The number of rotatable bonds is 7. The molecule has 0 radical (unpaired) electrons. The van der Waals surface area contributed by atoms with Crippen molar-refractivity contribution in [2.75, 3.05) is 5.32 Å². The number of hydrogen-bond donors (Lipinski definition) is 2. The van der Waals surface area contributed by atoms with Crippen LogP contribution in [0.4, 0.5) is 5.69 Å². The summed E-state index contributed by atoms with van der Waals surface area (Å²) in [4.78, 5) is 8.70. The molecule has 0 aliphatic rings. The molecule has 4 rings (SSSR count). The van der Waals surface area contributed by atoms with E-state index in [1.807, 2.05) is 72.8 Å². The van der Waals surface area contributed by atoms with Gasteiger partial charge >= 0.3 is 0 Å². The fraction of sp³-hybridized carbons (Fsp3) is 0.0800. The lowest BCUT2D eigenvalue weighted by Crippen LogP contribution is -2.14. The number of hydrogen-bond acceptors (Lipinski definition) is 4. The van der Waals surface area contributed by atoms with Gasteiger partial charge in [0.2, 0.25) is 0 Å². The van der Waals surface area contributed by atoms with E-state index in [0.29, 0.717) is 23.7 Å². The van der Waals surface area contributed by atoms with Gasteiger partial charge in [0.05, 0.1) is 11.9 Å². The molecule has 0 aliphatic heterocycles. The number of amidine groups is 1. The second-order valence-corrected chi connectivity index (χ2v) is 7.40. The summed E-state index contributed by atoms with van der Waals surface area (Å²) in [5.41, 5.74) is 4.15. The lowest BCUT2D eigenvalue weighted by atomic mass is 10.1. The molecule has 31 heavy (non-hydrogen) atoms. The first-order valence-corrected chi connectivity index (χ1v) is 10.2. The lowest BCUT2D eigenvalue weighted by molar-refractivity contribution is 0.303. The molecule has 2 heterocycles. The van der Waals surface area contributed by atoms with E-state index in [-0.39, 0.29) is 5.84 Å². The third-order valence-corrected chi connectivity index (χ3v) is 4.86. The number of anilines is 1. The Labute approximate surface area is 186 Å². The van der Waals surface area contributed by atoms with Gasteiger partial charge in [-0.3, -0.25) is 10.4 Å². The van der Waals surface area contributed by atoms with Crippen LogP contribution >= 0.6 is 11.6 Å². The molecule has 0 aliphatic carbocycles. The molecule has 5 nitrogen and oxygen atoms in total. The summed E-state index contributed by atoms with van der Waals surface area (Å²) in [5.74, 6) is 0.977. The van der Waals surface area contributed by atoms with Crippen LogP contribution in [-0.4, -0.2) is 15.8 Å². The summed E-state index contributed by atoms with van der Waals surface area (Å²) in [6.45, 7) is 0.475. The molecule has 154 valence electrons. The van der Waals surface area contributed by atoms with Gasteiger partial charge in [-0.2, -0.15) is 0 Å². The molecule has 4 aromatic rings. The number of aromatic nitrogens is 2. The molecular formula is C25H21ClN4O. The molecule has 0 spiro atoms. The summed E-state index contributed by atoms with van der Waals surface area (Å²) in [6.07, 6.45) is 3.90. The number of nitrogens with one attached hydrogen (secondary N) is 2. The Kier molecular flexibility index (Phi) is 6.55. The molecule has 0 saturated heterocycles. The summed E-state index contributed by atoms with van der Waals surface area (Å²) in [5, 5.41) is 12.0. The van der Waals surface area contributed by atoms with Gasteiger partial charge in [0.15, 0.2) is 0 Å². The molecule has 0 amide bonds. The van der Waals surface area contributed by atoms with Gasteiger partial charge in [0.1, 0.15) is 23.9 Å². The normalized spacial score (nSPS) is 10.5. The first-order valence-electron chi connectivity index (χ1n) is 9.84. The molecule has 0 bridgehead atoms. The Balaban J connectivity index is 1.50. The van der Waals surface area contributed by atoms with Crippen LogP contribution in [0.15, 0.2) is 91.3 Å². The molecule has 2 aromatic heterocycles. The molecule has 0 unspecified atom stereocenters. The predicted molar refractivity (Wildman–Crippen MR) is 124 cm³/mol. The van der Waals surface area contributed by atoms with E-state index >= 15 is 0 Å². The molecule has 2 aromatic carbocycles. The van der Waals surface area contributed by atoms with Crippen molar-refractivity contribution < 1.29 is 4.74 Å². The van der Waals surface area contributed by atoms with Crippen molar-refractivity contribution in [2.45, 2.75) is 13.0 Å². The fourth-order valence-corrected chi connectivity index (χ4v) is 3.31. The average Bonchev–Trinajstić information content (AvgIpc) is 2.80. The minimum absolute atomic E-state index is 0.210. The van der Waals surface area contributed by atoms with Crippen LogP contribution in [0.5, 0.6) is 5.75 Å². The van der Waals surface area contributed by atoms with Gasteiger partial charge in [-0.05, 0) is 48.0 Å². The summed E-state index contributed by atoms with van der Waals surface area (Å²) >= 11 is 6.25. The highest BCUT2D eigenvalue weighted by Gasteiger charge is 2.10. The van der Waals surface area contributed by atoms with E-state index in [1.54, 1.807) is 18.5 Å². The second kappa shape index (κ2) is 9.87. The Morgan fingerprint density at radius 3 is 2.65 bits per heavy atom. The van der Waals surface area contributed by atoms with Gasteiger partial charge in [-0.1, -0.05) is 48.0 Å². The number of ether oxygens (including phenoxy) is 1. The first-order chi connectivity index (χ1) is 15.2. The maximum atomic E-state index is 8.33. The monoisotopic (exact) mass is 428 g/mol. The Hall–Kier alpha value is -3.70. The number of halogens is 1. The van der Waals surface area contributed by atoms with Crippen molar-refractivity contribution in [3.63, 3.8) is 0 Å². The summed E-state index contributed by atoms with van der Waals surface area (Å²) in [6, 6.07) is 24.9. The smallest absolute Gasteiger partial charge is 0.148 e. The fourth-order valence-electron chi connectivity index (χ4n) is 3.12. The standard InChI is InChI=1S/C25H21ClN4O/c26-20-11-12-24(31-17-18-6-2-1-3-7-18)19(14-20)15-21-8-4-10-23(29-21)25(27)30-22-9-5-13-28-16-22/h1-14,16H,15,17H2,(H2,27,30). The summed E-state index contributed by atoms with van der Waals surface area (Å²) in [7, 11) is 0. The van der Waals surface area contributed by atoms with E-state index < -0.39 is 0 Å². The van der Waals surface area contributed by atoms with Crippen molar-refractivity contribution in [1.29, 1.82) is 5.41 Å². The van der Waals surface area contributed by atoms with Crippen LogP contribution in [0.3, 0.4) is 0 Å². The Bertz CT molecular complexity index is 1170. The van der Waals surface area contributed by atoms with Crippen LogP contribution in [0.25, 0.3) is 0 Å². The van der Waals surface area contributed by atoms with E-state index in [4.69, 9.17) is 21.7 Å². The molecular weight excluding hydrogens is 408 g/mol. The van der Waals surface area contributed by atoms with Gasteiger partial charge in [-0.25, -0.2) is 4.98 Å². The summed E-state index contributed by atoms with van der Waals surface area (Å²) < 4.78 is 6.06. The van der Waals surface area contributed by atoms with Crippen molar-refractivity contribution >= 4 is 23.1 Å². The SMILES string of the molecule is N=C(Nc1cccnc1)c1cccc(Cc2cc(Cl)ccc2OCc2ccccc2)n1. The zero-order chi connectivity index (χ0) is 21.5. The lowest BCUT2D eigenvalue weighted by Gasteiger charge is -2.13. The van der Waals surface area contributed by atoms with E-state index in [1.165, 1.54) is 0 Å². The zero-order valence-electron chi connectivity index (χ0n) is 16.8. The van der Waals surface area contributed by atoms with E-state index in [2.05, 4.69) is 15.3 Å². The highest BCUT2D eigenvalue weighted by molar-refractivity contribution is 6.30. The molecule has 0 fully saturated rings. The minimum Gasteiger partial charge on any atom is -0.489 e. The number of benzene rings is 2. The van der Waals surface area contributed by atoms with Gasteiger partial charge < -0.3 is 10.1 Å². The van der Waals surface area contributed by atoms with Crippen LogP contribution in [-0.2, 0) is 13.0 Å². The van der Waals surface area contributed by atoms with Gasteiger partial charge in [-0.15, -0.1) is 0 Å². The quantitative estimate of drug-likeness (QED) is 0.291. The highest BCUT2D eigenvalue weighted by atomic mass is 35.5. The molecule has 6 heteroatoms. The first kappa shape index (κ1) is 20.6. The Morgan fingerprint density at radius 2 is 1.84 bits per heavy atom. The predicted octanol–water partition coefficient (Wildman–Crippen LogP) is 5.74. The van der Waals surface area contributed by atoms with Crippen molar-refractivity contribution in [3.05, 3.63) is 119 Å². The Morgan fingerprint density at radius 1 is 0.968 bits per heavy atom. The number of nitrogens with zero attached hydrogens (tertiary/aromatic N) is 2. The zero-order valence-corrected chi connectivity index (χ0v) is 17.5. The molecule has 0 atom stereocenters. The van der Waals surface area contributed by atoms with E-state index in [0.717, 1.165) is 28.3 Å². The third-order valence-electron chi connectivity index (χ3n) is 4.63. The third kappa shape index (κ3) is 5.68. The maximum absolute atomic E-state index is 8.33. The van der Waals surface area contributed by atoms with Crippen LogP contribution in [0.2, 0.25) is 5.02 Å².